The highest BCUT2D eigenvalue weighted by molar-refractivity contribution is 6.42. The van der Waals surface area contributed by atoms with Crippen molar-refractivity contribution in [3.63, 3.8) is 0 Å². The number of piperidine rings is 1. The van der Waals surface area contributed by atoms with E-state index in [1.165, 1.54) is 6.20 Å². The number of likely N-dealkylation sites (tertiary alicyclic amines) is 1. The minimum Gasteiger partial charge on any atom is -0.506 e. The van der Waals surface area contributed by atoms with Gasteiger partial charge in [-0.15, -0.1) is 0 Å². The third kappa shape index (κ3) is 3.90. The topological polar surface area (TPSA) is 78.0 Å². The number of amidine groups is 1. The largest absolute Gasteiger partial charge is 0.506 e. The zero-order valence-electron chi connectivity index (χ0n) is 18.5. The fourth-order valence-corrected chi connectivity index (χ4v) is 5.73. The summed E-state index contributed by atoms with van der Waals surface area (Å²) in [6.07, 6.45) is 10.2. The Labute approximate surface area is 204 Å². The fourth-order valence-electron chi connectivity index (χ4n) is 5.35. The fraction of sp³-hybridized carbons (Fsp3) is 0.360. The van der Waals surface area contributed by atoms with Crippen LogP contribution in [-0.2, 0) is 13.0 Å². The summed E-state index contributed by atoms with van der Waals surface area (Å²) in [7, 11) is 0. The number of nitrogens with zero attached hydrogens (tertiary/aromatic N) is 4. The molecular formula is C25H27Cl2N5O. The maximum absolute atomic E-state index is 9.84. The second-order valence-electron chi connectivity index (χ2n) is 9.01. The van der Waals surface area contributed by atoms with Gasteiger partial charge >= 0.3 is 0 Å². The summed E-state index contributed by atoms with van der Waals surface area (Å²) in [6, 6.07) is 7.43. The Morgan fingerprint density at radius 2 is 2.06 bits per heavy atom. The number of halogens is 2. The average molecular weight is 484 g/mol. The first-order valence-electron chi connectivity index (χ1n) is 11.2. The van der Waals surface area contributed by atoms with Crippen molar-refractivity contribution in [1.82, 2.24) is 14.8 Å². The summed E-state index contributed by atoms with van der Waals surface area (Å²) in [4.78, 5) is 13.7. The Bertz CT molecular complexity index is 1170. The molecule has 6 nitrogen and oxygen atoms in total. The van der Waals surface area contributed by atoms with Gasteiger partial charge in [-0.05, 0) is 54.9 Å². The second-order valence-corrected chi connectivity index (χ2v) is 9.79. The van der Waals surface area contributed by atoms with Crippen LogP contribution in [0.5, 0.6) is 5.75 Å². The van der Waals surface area contributed by atoms with Gasteiger partial charge in [0.1, 0.15) is 5.75 Å². The maximum Gasteiger partial charge on any atom is 0.152 e. The average Bonchev–Trinajstić information content (AvgIpc) is 3.07. The van der Waals surface area contributed by atoms with Crippen LogP contribution < -0.4 is 5.73 Å². The molecule has 5 rings (SSSR count). The maximum atomic E-state index is 9.84. The molecule has 1 spiro atoms. The van der Waals surface area contributed by atoms with Crippen LogP contribution in [0.1, 0.15) is 42.6 Å². The van der Waals surface area contributed by atoms with Crippen LogP contribution in [0.15, 0.2) is 59.6 Å². The number of aromatic nitrogens is 1. The lowest BCUT2D eigenvalue weighted by atomic mass is 9.73. The van der Waals surface area contributed by atoms with Crippen LogP contribution >= 0.6 is 23.2 Å². The lowest BCUT2D eigenvalue weighted by Gasteiger charge is -2.44. The highest BCUT2D eigenvalue weighted by Crippen LogP contribution is 2.50. The molecule has 2 aromatic rings. The first-order valence-corrected chi connectivity index (χ1v) is 12.0. The number of allylic oxidation sites excluding steroid dienone is 1. The van der Waals surface area contributed by atoms with Gasteiger partial charge in [0.2, 0.25) is 0 Å². The predicted octanol–water partition coefficient (Wildman–Crippen LogP) is 5.02. The van der Waals surface area contributed by atoms with Crippen molar-refractivity contribution in [1.29, 1.82) is 0 Å². The van der Waals surface area contributed by atoms with Gasteiger partial charge in [-0.1, -0.05) is 41.4 Å². The van der Waals surface area contributed by atoms with E-state index in [9.17, 15) is 5.11 Å². The van der Waals surface area contributed by atoms with E-state index < -0.39 is 0 Å². The summed E-state index contributed by atoms with van der Waals surface area (Å²) in [5, 5.41) is 11.0. The van der Waals surface area contributed by atoms with Crippen LogP contribution in [0.3, 0.4) is 0 Å². The van der Waals surface area contributed by atoms with E-state index in [2.05, 4.69) is 20.9 Å². The molecule has 172 valence electrons. The Kier molecular flexibility index (Phi) is 5.85. The van der Waals surface area contributed by atoms with E-state index in [0.29, 0.717) is 16.6 Å². The van der Waals surface area contributed by atoms with E-state index in [0.717, 1.165) is 60.7 Å². The summed E-state index contributed by atoms with van der Waals surface area (Å²) in [6.45, 7) is 4.37. The Morgan fingerprint density at radius 3 is 2.82 bits per heavy atom. The summed E-state index contributed by atoms with van der Waals surface area (Å²) in [5.74, 6) is 1.17. The first-order chi connectivity index (χ1) is 15.9. The summed E-state index contributed by atoms with van der Waals surface area (Å²) >= 11 is 12.7. The minimum atomic E-state index is -0.105. The van der Waals surface area contributed by atoms with Crippen molar-refractivity contribution in [3.05, 3.63) is 81.5 Å². The molecule has 1 aliphatic carbocycles. The molecule has 0 saturated carbocycles. The first kappa shape index (κ1) is 22.3. The van der Waals surface area contributed by atoms with Crippen molar-refractivity contribution in [2.45, 2.75) is 38.8 Å². The third-order valence-corrected chi connectivity index (χ3v) is 8.03. The molecule has 0 bridgehead atoms. The number of hydrogen-bond acceptors (Lipinski definition) is 6. The Balaban J connectivity index is 1.31. The molecule has 0 radical (unpaired) electrons. The molecule has 0 amide bonds. The highest BCUT2D eigenvalue weighted by Gasteiger charge is 2.47. The lowest BCUT2D eigenvalue weighted by Crippen LogP contribution is -2.48. The number of rotatable bonds is 2. The van der Waals surface area contributed by atoms with Gasteiger partial charge in [-0.2, -0.15) is 0 Å². The predicted molar refractivity (Wildman–Crippen MR) is 132 cm³/mol. The zero-order chi connectivity index (χ0) is 23.2. The number of aromatic hydroxyl groups is 1. The van der Waals surface area contributed by atoms with Crippen LogP contribution in [0.4, 0.5) is 0 Å². The molecule has 1 aromatic heterocycles. The molecule has 1 aromatic carbocycles. The monoisotopic (exact) mass is 483 g/mol. The molecule has 3 N–H and O–H groups in total. The van der Waals surface area contributed by atoms with Gasteiger partial charge < -0.3 is 20.6 Å². The van der Waals surface area contributed by atoms with Crippen molar-refractivity contribution in [2.75, 3.05) is 13.1 Å². The number of nitrogens with two attached hydrogens (primary N) is 1. The van der Waals surface area contributed by atoms with Gasteiger partial charge in [0.15, 0.2) is 5.84 Å². The molecule has 3 heterocycles. The molecule has 3 aliphatic rings. The molecule has 1 fully saturated rings. The van der Waals surface area contributed by atoms with E-state index >= 15 is 0 Å². The molecule has 33 heavy (non-hydrogen) atoms. The Hall–Kier alpha value is -2.54. The van der Waals surface area contributed by atoms with Gasteiger partial charge in [0.25, 0.3) is 0 Å². The number of benzene rings is 1. The number of pyridine rings is 1. The van der Waals surface area contributed by atoms with Gasteiger partial charge in [0, 0.05) is 32.0 Å². The van der Waals surface area contributed by atoms with Crippen molar-refractivity contribution in [3.8, 4) is 5.75 Å². The normalized spacial score (nSPS) is 22.7. The van der Waals surface area contributed by atoms with Gasteiger partial charge in [-0.3, -0.25) is 4.98 Å². The minimum absolute atomic E-state index is 0.0191. The van der Waals surface area contributed by atoms with Crippen LogP contribution in [-0.4, -0.2) is 38.8 Å². The number of aliphatic imine (C=N–C) groups is 1. The number of fused-ring (bicyclic) bond motifs is 1. The molecule has 2 aliphatic heterocycles. The number of hydrogen-bond donors (Lipinski definition) is 2. The van der Waals surface area contributed by atoms with Crippen LogP contribution in [0.25, 0.3) is 0 Å². The quantitative estimate of drug-likeness (QED) is 0.626. The smallest absolute Gasteiger partial charge is 0.152 e. The van der Waals surface area contributed by atoms with Crippen molar-refractivity contribution >= 4 is 29.0 Å². The van der Waals surface area contributed by atoms with Gasteiger partial charge in [0.05, 0.1) is 33.7 Å². The molecule has 1 atom stereocenters. The molecule has 1 saturated heterocycles. The standard InChI is InChI=1S/C25H27Cl2N5O/c1-2-20-24(29-8-11-32(20)15-16-4-3-5-19(26)21(16)27)31-9-6-25(7-10-31)13-17-12-18(33)14-30-22(17)23(25)28/h2-5,8,11-12,14,23,33H,6-7,9-10,13,15,28H2,1H3/b20-2-. The third-order valence-electron chi connectivity index (χ3n) is 7.17. The summed E-state index contributed by atoms with van der Waals surface area (Å²) < 4.78 is 0. The zero-order valence-corrected chi connectivity index (χ0v) is 20.0. The van der Waals surface area contributed by atoms with Crippen molar-refractivity contribution < 1.29 is 5.11 Å². The molecule has 8 heteroatoms. The lowest BCUT2D eigenvalue weighted by molar-refractivity contribution is 0.126. The highest BCUT2D eigenvalue weighted by atomic mass is 35.5. The van der Waals surface area contributed by atoms with E-state index in [1.807, 2.05) is 37.5 Å². The molecule has 1 unspecified atom stereocenters. The Morgan fingerprint density at radius 1 is 1.27 bits per heavy atom. The van der Waals surface area contributed by atoms with E-state index in [1.54, 1.807) is 6.07 Å². The van der Waals surface area contributed by atoms with Crippen LogP contribution in [0, 0.1) is 5.41 Å². The summed E-state index contributed by atoms with van der Waals surface area (Å²) in [5.41, 5.74) is 10.7. The van der Waals surface area contributed by atoms with E-state index in [4.69, 9.17) is 33.9 Å². The van der Waals surface area contributed by atoms with E-state index in [-0.39, 0.29) is 17.2 Å². The SMILES string of the molecule is C/C=C1/C(N2CCC3(CC2)Cc2cc(O)cnc2C3N)=NC=CN1Cc1cccc(Cl)c1Cl. The van der Waals surface area contributed by atoms with Crippen LogP contribution in [0.2, 0.25) is 10.0 Å². The van der Waals surface area contributed by atoms with Gasteiger partial charge in [-0.25, -0.2) is 4.99 Å². The second kappa shape index (κ2) is 8.67. The molecular weight excluding hydrogens is 457 g/mol. The van der Waals surface area contributed by atoms with Crippen molar-refractivity contribution in [2.24, 2.45) is 16.1 Å².